The maximum absolute atomic E-state index is 11.6. The Hall–Kier alpha value is 0.300. The van der Waals surface area contributed by atoms with Gasteiger partial charge in [0.05, 0.1) is 5.75 Å². The molecule has 1 N–H and O–H groups in total. The van der Waals surface area contributed by atoms with Crippen molar-refractivity contribution in [3.63, 3.8) is 0 Å². The fraction of sp³-hybridized carbons (Fsp3) is 0.938. The van der Waals surface area contributed by atoms with Gasteiger partial charge in [0.2, 0.25) is 0 Å². The molecule has 5 nitrogen and oxygen atoms in total. The third-order valence-electron chi connectivity index (χ3n) is 4.56. The molecule has 8 heteroatoms. The number of aliphatic imine (C=N–C) groups is 1. The number of hydrogen-bond acceptors (Lipinski definition) is 4. The Morgan fingerprint density at radius 1 is 1.42 bits per heavy atom. The van der Waals surface area contributed by atoms with Crippen molar-refractivity contribution in [2.45, 2.75) is 38.9 Å². The molecule has 0 spiro atoms. The molecular weight excluding hydrogens is 457 g/mol. The van der Waals surface area contributed by atoms with E-state index in [0.717, 1.165) is 44.2 Å². The molecule has 1 saturated heterocycles. The van der Waals surface area contributed by atoms with Crippen molar-refractivity contribution in [3.8, 4) is 0 Å². The van der Waals surface area contributed by atoms with Crippen LogP contribution in [0.5, 0.6) is 0 Å². The number of rotatable bonds is 6. The van der Waals surface area contributed by atoms with E-state index >= 15 is 0 Å². The van der Waals surface area contributed by atoms with Crippen LogP contribution in [0.2, 0.25) is 0 Å². The van der Waals surface area contributed by atoms with E-state index in [9.17, 15) is 8.42 Å². The summed E-state index contributed by atoms with van der Waals surface area (Å²) in [5.74, 6) is 3.01. The Balaban J connectivity index is 0.00000288. The van der Waals surface area contributed by atoms with E-state index in [1.165, 1.54) is 6.26 Å². The van der Waals surface area contributed by atoms with Crippen LogP contribution < -0.4 is 5.32 Å². The molecule has 0 aromatic heterocycles. The Morgan fingerprint density at radius 2 is 2.08 bits per heavy atom. The summed E-state index contributed by atoms with van der Waals surface area (Å²) in [6, 6.07) is 0. The van der Waals surface area contributed by atoms with E-state index in [1.54, 1.807) is 0 Å². The number of sulfone groups is 1. The van der Waals surface area contributed by atoms with Gasteiger partial charge in [-0.15, -0.1) is 24.0 Å². The van der Waals surface area contributed by atoms with Gasteiger partial charge in [-0.1, -0.05) is 13.8 Å². The number of thioether (sulfide) groups is 1. The van der Waals surface area contributed by atoms with Crippen molar-refractivity contribution in [3.05, 3.63) is 0 Å². The molecule has 0 amide bonds. The average Bonchev–Trinajstić information content (AvgIpc) is 3.21. The van der Waals surface area contributed by atoms with E-state index < -0.39 is 9.84 Å². The van der Waals surface area contributed by atoms with Crippen LogP contribution in [0.1, 0.15) is 33.6 Å². The smallest absolute Gasteiger partial charge is 0.193 e. The largest absolute Gasteiger partial charge is 0.357 e. The molecule has 2 fully saturated rings. The van der Waals surface area contributed by atoms with E-state index in [1.807, 2.05) is 0 Å². The third-order valence-corrected chi connectivity index (χ3v) is 7.24. The first-order valence-corrected chi connectivity index (χ1v) is 11.7. The van der Waals surface area contributed by atoms with Crippen LogP contribution >= 0.6 is 35.7 Å². The highest BCUT2D eigenvalue weighted by Crippen LogP contribution is 2.47. The molecule has 1 unspecified atom stereocenters. The second-order valence-electron chi connectivity index (χ2n) is 7.34. The topological polar surface area (TPSA) is 61.8 Å². The lowest BCUT2D eigenvalue weighted by molar-refractivity contribution is 0.379. The Bertz CT molecular complexity index is 533. The lowest BCUT2D eigenvalue weighted by Gasteiger charge is -2.36. The summed E-state index contributed by atoms with van der Waals surface area (Å²) in [5.41, 5.74) is -0.101. The molecule has 0 aromatic carbocycles. The number of halogens is 1. The standard InChI is InChI=1S/C16H31N3O2S2.HI/c1-5-17-15(19-8-9-22-14(10-19)13(2)3)18-11-16(6-7-16)12-23(4,20)21;/h13-14H,5-12H2,1-4H3,(H,17,18);1H. The SMILES string of the molecule is CCNC(=NCC1(CS(C)(=O)=O)CC1)N1CCSC(C(C)C)C1.I. The number of guanidine groups is 1. The summed E-state index contributed by atoms with van der Waals surface area (Å²) >= 11 is 2.05. The van der Waals surface area contributed by atoms with Crippen molar-refractivity contribution in [2.75, 3.05) is 43.9 Å². The van der Waals surface area contributed by atoms with Crippen LogP contribution in [0.25, 0.3) is 0 Å². The molecule has 1 aliphatic carbocycles. The molecule has 1 atom stereocenters. The van der Waals surface area contributed by atoms with Gasteiger partial charge in [-0.2, -0.15) is 11.8 Å². The second kappa shape index (κ2) is 9.30. The van der Waals surface area contributed by atoms with Crippen molar-refractivity contribution in [1.82, 2.24) is 10.2 Å². The van der Waals surface area contributed by atoms with Gasteiger partial charge in [-0.25, -0.2) is 8.42 Å². The van der Waals surface area contributed by atoms with Gasteiger partial charge < -0.3 is 10.2 Å². The minimum atomic E-state index is -2.93. The van der Waals surface area contributed by atoms with E-state index in [0.29, 0.717) is 17.7 Å². The zero-order chi connectivity index (χ0) is 17.1. The summed E-state index contributed by atoms with van der Waals surface area (Å²) in [7, 11) is -2.93. The summed E-state index contributed by atoms with van der Waals surface area (Å²) in [6.07, 6.45) is 3.29. The highest BCUT2D eigenvalue weighted by Gasteiger charge is 2.45. The van der Waals surface area contributed by atoms with Crippen molar-refractivity contribution < 1.29 is 8.42 Å². The minimum absolute atomic E-state index is 0. The molecule has 1 saturated carbocycles. The zero-order valence-corrected chi connectivity index (χ0v) is 19.2. The molecule has 1 heterocycles. The molecule has 0 radical (unpaired) electrons. The first-order valence-electron chi connectivity index (χ1n) is 8.57. The fourth-order valence-electron chi connectivity index (χ4n) is 3.02. The summed E-state index contributed by atoms with van der Waals surface area (Å²) in [5, 5.41) is 4.03. The quantitative estimate of drug-likeness (QED) is 0.353. The van der Waals surface area contributed by atoms with E-state index in [-0.39, 0.29) is 35.1 Å². The Morgan fingerprint density at radius 3 is 2.58 bits per heavy atom. The lowest BCUT2D eigenvalue weighted by Crippen LogP contribution is -2.49. The normalized spacial score (nSPS) is 23.8. The monoisotopic (exact) mass is 489 g/mol. The molecule has 2 aliphatic rings. The number of nitrogens with zero attached hydrogens (tertiary/aromatic N) is 2. The van der Waals surface area contributed by atoms with E-state index in [4.69, 9.17) is 4.99 Å². The van der Waals surface area contributed by atoms with Crippen molar-refractivity contribution in [2.24, 2.45) is 16.3 Å². The maximum Gasteiger partial charge on any atom is 0.193 e. The molecule has 24 heavy (non-hydrogen) atoms. The zero-order valence-electron chi connectivity index (χ0n) is 15.2. The molecule has 1 aliphatic heterocycles. The van der Waals surface area contributed by atoms with Gasteiger partial charge in [-0.3, -0.25) is 4.99 Å². The summed E-state index contributed by atoms with van der Waals surface area (Å²) in [4.78, 5) is 7.16. The van der Waals surface area contributed by atoms with Crippen LogP contribution in [0, 0.1) is 11.3 Å². The van der Waals surface area contributed by atoms with Crippen LogP contribution in [-0.4, -0.2) is 68.5 Å². The highest BCUT2D eigenvalue weighted by molar-refractivity contribution is 14.0. The van der Waals surface area contributed by atoms with Gasteiger partial charge in [0.1, 0.15) is 9.84 Å². The van der Waals surface area contributed by atoms with Crippen molar-refractivity contribution >= 4 is 51.5 Å². The fourth-order valence-corrected chi connectivity index (χ4v) is 5.81. The van der Waals surface area contributed by atoms with Crippen molar-refractivity contribution in [1.29, 1.82) is 0 Å². The van der Waals surface area contributed by atoms with Gasteiger partial charge in [-0.05, 0) is 25.7 Å². The lowest BCUT2D eigenvalue weighted by atomic mass is 10.1. The summed E-state index contributed by atoms with van der Waals surface area (Å²) < 4.78 is 23.2. The number of nitrogens with one attached hydrogen (secondary N) is 1. The second-order valence-corrected chi connectivity index (χ2v) is 10.8. The molecular formula is C16H32IN3O2S2. The predicted octanol–water partition coefficient (Wildman–Crippen LogP) is 2.47. The van der Waals surface area contributed by atoms with Gasteiger partial charge >= 0.3 is 0 Å². The molecule has 2 rings (SSSR count). The average molecular weight is 489 g/mol. The molecule has 0 bridgehead atoms. The van der Waals surface area contributed by atoms with E-state index in [2.05, 4.69) is 42.7 Å². The van der Waals surface area contributed by atoms with Crippen LogP contribution in [0.3, 0.4) is 0 Å². The summed E-state index contributed by atoms with van der Waals surface area (Å²) in [6.45, 7) is 10.1. The first kappa shape index (κ1) is 22.3. The maximum atomic E-state index is 11.6. The third kappa shape index (κ3) is 6.90. The van der Waals surface area contributed by atoms with Crippen LogP contribution in [0.4, 0.5) is 0 Å². The Labute approximate surface area is 168 Å². The van der Waals surface area contributed by atoms with Gasteiger partial charge in [0.25, 0.3) is 0 Å². The molecule has 0 aromatic rings. The van der Waals surface area contributed by atoms with Gasteiger partial charge in [0.15, 0.2) is 5.96 Å². The van der Waals surface area contributed by atoms with Gasteiger partial charge in [0, 0.05) is 48.9 Å². The highest BCUT2D eigenvalue weighted by atomic mass is 127. The Kier molecular flexibility index (Phi) is 8.66. The predicted molar refractivity (Wildman–Crippen MR) is 115 cm³/mol. The number of hydrogen-bond donors (Lipinski definition) is 1. The van der Waals surface area contributed by atoms with Crippen LogP contribution in [-0.2, 0) is 9.84 Å². The van der Waals surface area contributed by atoms with Crippen LogP contribution in [0.15, 0.2) is 4.99 Å². The molecule has 142 valence electrons. The first-order chi connectivity index (χ1) is 10.7. The minimum Gasteiger partial charge on any atom is -0.357 e.